The zero-order valence-electron chi connectivity index (χ0n) is 17.8. The van der Waals surface area contributed by atoms with Crippen molar-refractivity contribution in [3.63, 3.8) is 0 Å². The molecule has 0 saturated carbocycles. The maximum atomic E-state index is 14.2. The van der Waals surface area contributed by atoms with Gasteiger partial charge in [-0.25, -0.2) is 8.42 Å². The first-order valence-electron chi connectivity index (χ1n) is 10.3. The Morgan fingerprint density at radius 2 is 1.64 bits per heavy atom. The van der Waals surface area contributed by atoms with Gasteiger partial charge in [-0.2, -0.15) is 4.31 Å². The van der Waals surface area contributed by atoms with E-state index in [1.54, 1.807) is 85.8 Å². The van der Waals surface area contributed by atoms with Crippen molar-refractivity contribution in [3.05, 3.63) is 111 Å². The molecule has 1 amide bonds. The number of nitrogens with zero attached hydrogens (tertiary/aromatic N) is 1. The number of aryl methyl sites for hydroxylation is 1. The Labute approximate surface area is 203 Å². The Kier molecular flexibility index (Phi) is 6.64. The third kappa shape index (κ3) is 4.57. The van der Waals surface area contributed by atoms with Crippen molar-refractivity contribution in [1.82, 2.24) is 4.31 Å². The van der Waals surface area contributed by atoms with Gasteiger partial charge < -0.3 is 5.73 Å². The second-order valence-electron chi connectivity index (χ2n) is 7.88. The number of benzene rings is 3. The summed E-state index contributed by atoms with van der Waals surface area (Å²) in [5, 5.41) is 0.973. The molecule has 0 fully saturated rings. The molecular weight excluding hydrogens is 479 g/mol. The molecule has 170 valence electrons. The summed E-state index contributed by atoms with van der Waals surface area (Å²) >= 11 is 12.3. The molecular formula is C25H22Cl2N2O3S. The fourth-order valence-corrected chi connectivity index (χ4v) is 6.58. The summed E-state index contributed by atoms with van der Waals surface area (Å²) in [6.07, 6.45) is 2.00. The van der Waals surface area contributed by atoms with Crippen molar-refractivity contribution in [2.75, 3.05) is 0 Å². The van der Waals surface area contributed by atoms with E-state index in [2.05, 4.69) is 0 Å². The van der Waals surface area contributed by atoms with E-state index in [1.807, 2.05) is 0 Å². The summed E-state index contributed by atoms with van der Waals surface area (Å²) in [7, 11) is -4.07. The van der Waals surface area contributed by atoms with Crippen LogP contribution in [0.4, 0.5) is 0 Å². The van der Waals surface area contributed by atoms with Crippen molar-refractivity contribution in [2.24, 2.45) is 5.73 Å². The molecule has 0 aromatic heterocycles. The summed E-state index contributed by atoms with van der Waals surface area (Å²) in [6, 6.07) is 19.1. The van der Waals surface area contributed by atoms with Crippen molar-refractivity contribution in [2.45, 2.75) is 30.3 Å². The van der Waals surface area contributed by atoms with E-state index in [4.69, 9.17) is 28.9 Å². The van der Waals surface area contributed by atoms with Gasteiger partial charge in [-0.15, -0.1) is 0 Å². The number of primary amides is 1. The highest BCUT2D eigenvalue weighted by Gasteiger charge is 2.44. The Morgan fingerprint density at radius 3 is 2.27 bits per heavy atom. The molecule has 0 spiro atoms. The number of hydrogen-bond acceptors (Lipinski definition) is 3. The Hall–Kier alpha value is -2.64. The molecule has 1 aliphatic heterocycles. The van der Waals surface area contributed by atoms with Gasteiger partial charge in [0.2, 0.25) is 15.9 Å². The van der Waals surface area contributed by atoms with Gasteiger partial charge in [0, 0.05) is 15.6 Å². The van der Waals surface area contributed by atoms with Crippen molar-refractivity contribution < 1.29 is 13.2 Å². The summed E-state index contributed by atoms with van der Waals surface area (Å²) in [6.45, 7) is 1.74. The Morgan fingerprint density at radius 1 is 0.939 bits per heavy atom. The first kappa shape index (κ1) is 23.5. The summed E-state index contributed by atoms with van der Waals surface area (Å²) < 4.78 is 29.7. The molecule has 2 atom stereocenters. The average molecular weight is 501 g/mol. The number of nitrogens with two attached hydrogens (primary N) is 1. The highest BCUT2D eigenvalue weighted by molar-refractivity contribution is 7.89. The van der Waals surface area contributed by atoms with Crippen molar-refractivity contribution in [1.29, 1.82) is 0 Å². The second-order valence-corrected chi connectivity index (χ2v) is 10.6. The van der Waals surface area contributed by atoms with Crippen LogP contribution in [0, 0.1) is 6.92 Å². The fourth-order valence-electron chi connectivity index (χ4n) is 4.24. The van der Waals surface area contributed by atoms with Crippen LogP contribution in [-0.2, 0) is 14.8 Å². The molecule has 33 heavy (non-hydrogen) atoms. The molecule has 1 heterocycles. The molecule has 3 aromatic rings. The molecule has 2 N–H and O–H groups in total. The van der Waals surface area contributed by atoms with Crippen LogP contribution in [0.15, 0.2) is 89.3 Å². The number of carbonyl (C=O) groups is 1. The molecule has 3 aromatic carbocycles. The number of hydrogen-bond donors (Lipinski definition) is 1. The van der Waals surface area contributed by atoms with Crippen molar-refractivity contribution >= 4 is 39.1 Å². The predicted octanol–water partition coefficient (Wildman–Crippen LogP) is 5.59. The molecule has 0 aliphatic carbocycles. The van der Waals surface area contributed by atoms with Crippen LogP contribution in [-0.4, -0.2) is 18.6 Å². The van der Waals surface area contributed by atoms with Gasteiger partial charge in [0.15, 0.2) is 0 Å². The Bertz CT molecular complexity index is 1340. The molecule has 0 bridgehead atoms. The maximum Gasteiger partial charge on any atom is 0.246 e. The van der Waals surface area contributed by atoms with Crippen LogP contribution in [0.3, 0.4) is 0 Å². The topological polar surface area (TPSA) is 80.5 Å². The van der Waals surface area contributed by atoms with Gasteiger partial charge in [0.1, 0.15) is 0 Å². The smallest absolute Gasteiger partial charge is 0.246 e. The zero-order valence-corrected chi connectivity index (χ0v) is 20.1. The molecule has 0 saturated heterocycles. The van der Waals surface area contributed by atoms with Crippen LogP contribution in [0.1, 0.15) is 35.2 Å². The second kappa shape index (κ2) is 9.31. The minimum absolute atomic E-state index is 0.168. The lowest BCUT2D eigenvalue weighted by Crippen LogP contribution is -2.43. The van der Waals surface area contributed by atoms with Crippen LogP contribution < -0.4 is 5.73 Å². The van der Waals surface area contributed by atoms with E-state index < -0.39 is 28.0 Å². The lowest BCUT2D eigenvalue weighted by atomic mass is 9.89. The lowest BCUT2D eigenvalue weighted by Gasteiger charge is -2.41. The first-order chi connectivity index (χ1) is 15.7. The molecule has 2 unspecified atom stereocenters. The van der Waals surface area contributed by atoms with Crippen LogP contribution in [0.25, 0.3) is 0 Å². The number of sulfonamides is 1. The minimum Gasteiger partial charge on any atom is -0.366 e. The van der Waals surface area contributed by atoms with Crippen LogP contribution >= 0.6 is 23.2 Å². The normalized spacial score (nSPS) is 19.2. The first-order valence-corrected chi connectivity index (χ1v) is 12.5. The monoisotopic (exact) mass is 500 g/mol. The fraction of sp³-hybridized carbons (Fsp3) is 0.160. The molecule has 8 heteroatoms. The summed E-state index contributed by atoms with van der Waals surface area (Å²) in [5.41, 5.74) is 7.86. The Balaban J connectivity index is 2.00. The van der Waals surface area contributed by atoms with Gasteiger partial charge >= 0.3 is 0 Å². The van der Waals surface area contributed by atoms with E-state index in [-0.39, 0.29) is 16.9 Å². The van der Waals surface area contributed by atoms with Gasteiger partial charge in [-0.05, 0) is 60.4 Å². The molecule has 1 aliphatic rings. The third-order valence-electron chi connectivity index (χ3n) is 5.77. The van der Waals surface area contributed by atoms with Crippen LogP contribution in [0.5, 0.6) is 0 Å². The summed E-state index contributed by atoms with van der Waals surface area (Å²) in [4.78, 5) is 12.6. The van der Waals surface area contributed by atoms with Gasteiger partial charge in [-0.1, -0.05) is 71.7 Å². The summed E-state index contributed by atoms with van der Waals surface area (Å²) in [5.74, 6) is -0.681. The van der Waals surface area contributed by atoms with Crippen molar-refractivity contribution in [3.8, 4) is 0 Å². The standard InChI is InChI=1S/C25H22Cl2N2O3S/c1-16-5-2-3-8-23(16)33(31,32)29-22(17-9-11-19(26)12-10-17)14-13-21(25(28)30)24(29)18-6-4-7-20(27)15-18/h2-13,15,22,24H,14H2,1H3,(H2,28,30). The largest absolute Gasteiger partial charge is 0.366 e. The molecule has 0 radical (unpaired) electrons. The van der Waals surface area contributed by atoms with E-state index in [0.29, 0.717) is 21.2 Å². The number of carbonyl (C=O) groups excluding carboxylic acids is 1. The third-order valence-corrected chi connectivity index (χ3v) is 8.29. The van der Waals surface area contributed by atoms with E-state index in [0.717, 1.165) is 5.56 Å². The predicted molar refractivity (Wildman–Crippen MR) is 130 cm³/mol. The van der Waals surface area contributed by atoms with Crippen LogP contribution in [0.2, 0.25) is 10.0 Å². The lowest BCUT2D eigenvalue weighted by molar-refractivity contribution is -0.115. The highest BCUT2D eigenvalue weighted by atomic mass is 35.5. The SMILES string of the molecule is Cc1ccccc1S(=O)(=O)N1C(c2ccc(Cl)cc2)CC=C(C(N)=O)C1c1cccc(Cl)c1. The quantitative estimate of drug-likeness (QED) is 0.495. The highest BCUT2D eigenvalue weighted by Crippen LogP contribution is 2.46. The van der Waals surface area contributed by atoms with E-state index in [9.17, 15) is 13.2 Å². The molecule has 5 nitrogen and oxygen atoms in total. The number of amides is 1. The van der Waals surface area contributed by atoms with Gasteiger partial charge in [-0.3, -0.25) is 4.79 Å². The average Bonchev–Trinajstić information content (AvgIpc) is 2.78. The number of halogens is 2. The molecule has 4 rings (SSSR count). The van der Waals surface area contributed by atoms with E-state index >= 15 is 0 Å². The van der Waals surface area contributed by atoms with Gasteiger partial charge in [0.05, 0.1) is 17.0 Å². The number of rotatable bonds is 5. The maximum absolute atomic E-state index is 14.2. The van der Waals surface area contributed by atoms with E-state index in [1.165, 1.54) is 4.31 Å². The van der Waals surface area contributed by atoms with Gasteiger partial charge in [0.25, 0.3) is 0 Å². The zero-order chi connectivity index (χ0) is 23.8. The minimum atomic E-state index is -4.07.